The van der Waals surface area contributed by atoms with Crippen LogP contribution in [-0.4, -0.2) is 26.2 Å². The lowest BCUT2D eigenvalue weighted by atomic mass is 10.2. The summed E-state index contributed by atoms with van der Waals surface area (Å²) in [5.41, 5.74) is 0.966. The van der Waals surface area contributed by atoms with E-state index in [0.717, 1.165) is 24.7 Å². The number of aromatic nitrogens is 4. The number of fused-ring (bicyclic) bond motifs is 1. The minimum Gasteiger partial charge on any atom is -0.357 e. The first-order valence-corrected chi connectivity index (χ1v) is 10.3. The Kier molecular flexibility index (Phi) is 4.09. The van der Waals surface area contributed by atoms with Gasteiger partial charge in [-0.2, -0.15) is 0 Å². The molecule has 4 rings (SSSR count). The van der Waals surface area contributed by atoms with Crippen molar-refractivity contribution in [3.05, 3.63) is 26.6 Å². The van der Waals surface area contributed by atoms with E-state index in [9.17, 15) is 4.79 Å². The van der Waals surface area contributed by atoms with Gasteiger partial charge in [0.1, 0.15) is 10.7 Å². The number of thiophene rings is 1. The molecule has 1 aliphatic rings. The second-order valence-electron chi connectivity index (χ2n) is 5.97. The van der Waals surface area contributed by atoms with E-state index in [0.29, 0.717) is 17.3 Å². The summed E-state index contributed by atoms with van der Waals surface area (Å²) in [7, 11) is 0. The molecular weight excluding hydrogens is 362 g/mol. The number of thioether (sulfide) groups is 1. The van der Waals surface area contributed by atoms with Gasteiger partial charge in [-0.05, 0) is 39.2 Å². The number of nitrogens with zero attached hydrogens (tertiary/aromatic N) is 3. The molecule has 6 nitrogen and oxygen atoms in total. The second kappa shape index (κ2) is 6.12. The monoisotopic (exact) mass is 379 g/mol. The normalized spacial score (nSPS) is 15.8. The maximum Gasteiger partial charge on any atom is 0.259 e. The van der Waals surface area contributed by atoms with Crippen LogP contribution >= 0.6 is 34.4 Å². The van der Waals surface area contributed by atoms with Crippen molar-refractivity contribution in [1.82, 2.24) is 20.2 Å². The zero-order valence-corrected chi connectivity index (χ0v) is 16.0. The average molecular weight is 380 g/mol. The van der Waals surface area contributed by atoms with Gasteiger partial charge in [0.2, 0.25) is 5.13 Å². The molecule has 0 spiro atoms. The van der Waals surface area contributed by atoms with E-state index in [4.69, 9.17) is 0 Å². The summed E-state index contributed by atoms with van der Waals surface area (Å²) in [6.07, 6.45) is 2.42. The summed E-state index contributed by atoms with van der Waals surface area (Å²) in [6.45, 7) is 6.02. The van der Waals surface area contributed by atoms with Crippen LogP contribution in [0.15, 0.2) is 9.13 Å². The lowest BCUT2D eigenvalue weighted by Crippen LogP contribution is -2.12. The molecule has 3 aromatic heterocycles. The van der Waals surface area contributed by atoms with Crippen molar-refractivity contribution >= 4 is 49.8 Å². The van der Waals surface area contributed by atoms with Crippen LogP contribution in [0.2, 0.25) is 0 Å². The fourth-order valence-corrected chi connectivity index (χ4v) is 5.46. The maximum atomic E-state index is 12.4. The molecule has 0 amide bonds. The Hall–Kier alpha value is -1.45. The number of hydrogen-bond acceptors (Lipinski definition) is 8. The zero-order chi connectivity index (χ0) is 16.8. The van der Waals surface area contributed by atoms with Gasteiger partial charge in [-0.1, -0.05) is 23.1 Å². The molecule has 126 valence electrons. The highest BCUT2D eigenvalue weighted by Gasteiger charge is 2.23. The molecule has 9 heteroatoms. The van der Waals surface area contributed by atoms with Gasteiger partial charge >= 0.3 is 0 Å². The molecule has 3 heterocycles. The third-order valence-electron chi connectivity index (χ3n) is 4.03. The smallest absolute Gasteiger partial charge is 0.259 e. The third-order valence-corrected chi connectivity index (χ3v) is 7.18. The van der Waals surface area contributed by atoms with Crippen LogP contribution < -0.4 is 10.9 Å². The van der Waals surface area contributed by atoms with E-state index in [1.54, 1.807) is 34.4 Å². The van der Waals surface area contributed by atoms with Gasteiger partial charge in [-0.3, -0.25) is 4.79 Å². The zero-order valence-electron chi connectivity index (χ0n) is 13.5. The quantitative estimate of drug-likeness (QED) is 0.655. The van der Waals surface area contributed by atoms with Gasteiger partial charge in [-0.25, -0.2) is 4.98 Å². The van der Waals surface area contributed by atoms with Gasteiger partial charge in [-0.15, -0.1) is 21.5 Å². The second-order valence-corrected chi connectivity index (χ2v) is 9.74. The lowest BCUT2D eigenvalue weighted by Gasteiger charge is -2.07. The van der Waals surface area contributed by atoms with Crippen LogP contribution in [0.25, 0.3) is 10.2 Å². The fraction of sp³-hybridized carbons (Fsp3) is 0.467. The highest BCUT2D eigenvalue weighted by molar-refractivity contribution is 8.01. The first-order chi connectivity index (χ1) is 11.5. The molecule has 1 saturated carbocycles. The van der Waals surface area contributed by atoms with Crippen LogP contribution in [0.3, 0.4) is 0 Å². The SMILES string of the molecule is Cc1sc2nc([C@H](C)Sc3nnc(NC4CC4)s3)[nH]c(=O)c2c1C. The van der Waals surface area contributed by atoms with Crippen molar-refractivity contribution in [3.63, 3.8) is 0 Å². The van der Waals surface area contributed by atoms with E-state index < -0.39 is 0 Å². The Balaban J connectivity index is 1.57. The summed E-state index contributed by atoms with van der Waals surface area (Å²) in [4.78, 5) is 21.9. The highest BCUT2D eigenvalue weighted by Crippen LogP contribution is 2.37. The summed E-state index contributed by atoms with van der Waals surface area (Å²) < 4.78 is 0.881. The molecule has 0 bridgehead atoms. The number of aromatic amines is 1. The summed E-state index contributed by atoms with van der Waals surface area (Å²) >= 11 is 4.69. The molecule has 3 aromatic rings. The number of anilines is 1. The Morgan fingerprint density at radius 1 is 1.29 bits per heavy atom. The average Bonchev–Trinajstić information content (AvgIpc) is 3.16. The van der Waals surface area contributed by atoms with E-state index in [1.807, 2.05) is 20.8 Å². The number of nitrogens with one attached hydrogen (secondary N) is 2. The van der Waals surface area contributed by atoms with Crippen LogP contribution in [0, 0.1) is 13.8 Å². The molecule has 1 fully saturated rings. The molecule has 0 unspecified atom stereocenters. The van der Waals surface area contributed by atoms with Gasteiger partial charge in [0.15, 0.2) is 4.34 Å². The molecule has 24 heavy (non-hydrogen) atoms. The number of hydrogen-bond donors (Lipinski definition) is 2. The standard InChI is InChI=1S/C15H17N5OS3/c1-6-7(2)22-13-10(6)12(21)17-11(18-13)8(3)23-15-20-19-14(24-15)16-9-4-5-9/h8-9H,4-5H2,1-3H3,(H,16,19)(H,17,18,21)/t8-/m0/s1. The molecule has 1 atom stereocenters. The van der Waals surface area contributed by atoms with E-state index in [1.165, 1.54) is 12.8 Å². The minimum atomic E-state index is -0.0577. The number of aryl methyl sites for hydroxylation is 2. The van der Waals surface area contributed by atoms with Crippen LogP contribution in [-0.2, 0) is 0 Å². The summed E-state index contributed by atoms with van der Waals surface area (Å²) in [5.74, 6) is 0.686. The molecule has 0 saturated heterocycles. The summed E-state index contributed by atoms with van der Waals surface area (Å²) in [5, 5.41) is 13.3. The predicted molar refractivity (Wildman–Crippen MR) is 101 cm³/mol. The van der Waals surface area contributed by atoms with E-state index >= 15 is 0 Å². The first-order valence-electron chi connectivity index (χ1n) is 7.78. The molecule has 1 aliphatic carbocycles. The Labute approximate surface area is 151 Å². The Morgan fingerprint density at radius 3 is 2.83 bits per heavy atom. The van der Waals surface area contributed by atoms with Crippen molar-refractivity contribution in [2.75, 3.05) is 5.32 Å². The Morgan fingerprint density at radius 2 is 2.08 bits per heavy atom. The van der Waals surface area contributed by atoms with Gasteiger partial charge in [0.05, 0.1) is 10.6 Å². The van der Waals surface area contributed by atoms with Gasteiger partial charge in [0, 0.05) is 10.9 Å². The molecular formula is C15H17N5OS3. The van der Waals surface area contributed by atoms with Gasteiger partial charge in [0.25, 0.3) is 5.56 Å². The molecule has 0 aromatic carbocycles. The molecule has 0 radical (unpaired) electrons. The van der Waals surface area contributed by atoms with Crippen LogP contribution in [0.5, 0.6) is 0 Å². The summed E-state index contributed by atoms with van der Waals surface area (Å²) in [6, 6.07) is 0.568. The van der Waals surface area contributed by atoms with Crippen molar-refractivity contribution in [2.45, 2.75) is 49.2 Å². The maximum absolute atomic E-state index is 12.4. The van der Waals surface area contributed by atoms with E-state index in [2.05, 4.69) is 25.5 Å². The van der Waals surface area contributed by atoms with Crippen molar-refractivity contribution < 1.29 is 0 Å². The van der Waals surface area contributed by atoms with Crippen molar-refractivity contribution in [1.29, 1.82) is 0 Å². The topological polar surface area (TPSA) is 83.6 Å². The number of rotatable bonds is 5. The fourth-order valence-electron chi connectivity index (χ4n) is 2.39. The Bertz CT molecular complexity index is 956. The molecule has 0 aliphatic heterocycles. The largest absolute Gasteiger partial charge is 0.357 e. The van der Waals surface area contributed by atoms with Crippen molar-refractivity contribution in [2.24, 2.45) is 0 Å². The first kappa shape index (κ1) is 16.0. The van der Waals surface area contributed by atoms with Crippen LogP contribution in [0.1, 0.15) is 41.3 Å². The highest BCUT2D eigenvalue weighted by atomic mass is 32.2. The van der Waals surface area contributed by atoms with E-state index in [-0.39, 0.29) is 10.8 Å². The van der Waals surface area contributed by atoms with Crippen LogP contribution in [0.4, 0.5) is 5.13 Å². The van der Waals surface area contributed by atoms with Crippen molar-refractivity contribution in [3.8, 4) is 0 Å². The third kappa shape index (κ3) is 3.07. The number of H-pyrrole nitrogens is 1. The minimum absolute atomic E-state index is 0.00605. The van der Waals surface area contributed by atoms with Gasteiger partial charge < -0.3 is 10.3 Å². The predicted octanol–water partition coefficient (Wildman–Crippen LogP) is 3.88. The lowest BCUT2D eigenvalue weighted by molar-refractivity contribution is 0.918. The molecule has 2 N–H and O–H groups in total.